The van der Waals surface area contributed by atoms with E-state index < -0.39 is 41.4 Å². The van der Waals surface area contributed by atoms with Crippen LogP contribution in [0.3, 0.4) is 0 Å². The Morgan fingerprint density at radius 1 is 1.22 bits per heavy atom. The molecule has 0 saturated carbocycles. The molecule has 2 unspecified atom stereocenters. The first-order valence-electron chi connectivity index (χ1n) is 7.37. The number of esters is 2. The van der Waals surface area contributed by atoms with Crippen molar-refractivity contribution in [1.29, 1.82) is 0 Å². The number of ether oxygens (including phenoxy) is 3. The van der Waals surface area contributed by atoms with Crippen molar-refractivity contribution in [2.24, 2.45) is 5.92 Å². The summed E-state index contributed by atoms with van der Waals surface area (Å²) < 4.78 is 14.7. The van der Waals surface area contributed by atoms with Gasteiger partial charge in [0, 0.05) is 13.0 Å². The van der Waals surface area contributed by atoms with Crippen LogP contribution < -0.4 is 0 Å². The van der Waals surface area contributed by atoms with Gasteiger partial charge in [0.05, 0.1) is 13.7 Å². The van der Waals surface area contributed by atoms with Gasteiger partial charge in [-0.25, -0.2) is 9.59 Å². The van der Waals surface area contributed by atoms with Gasteiger partial charge in [0.2, 0.25) is 0 Å². The molecule has 1 amide bonds. The highest BCUT2D eigenvalue weighted by molar-refractivity contribution is 6.03. The minimum atomic E-state index is -1.12. The average molecular weight is 329 g/mol. The molecule has 0 aromatic heterocycles. The summed E-state index contributed by atoms with van der Waals surface area (Å²) in [6.07, 6.45) is -1.09. The van der Waals surface area contributed by atoms with Gasteiger partial charge in [-0.1, -0.05) is 0 Å². The van der Waals surface area contributed by atoms with Crippen molar-refractivity contribution in [3.8, 4) is 0 Å². The second-order valence-corrected chi connectivity index (χ2v) is 6.15. The molecular formula is C15H23NO7. The predicted octanol–water partition coefficient (Wildman–Crippen LogP) is 0.917. The Morgan fingerprint density at radius 3 is 2.30 bits per heavy atom. The summed E-state index contributed by atoms with van der Waals surface area (Å²) in [7, 11) is 1.16. The van der Waals surface area contributed by atoms with Gasteiger partial charge in [0.25, 0.3) is 0 Å². The van der Waals surface area contributed by atoms with E-state index in [1.807, 2.05) is 0 Å². The van der Waals surface area contributed by atoms with Crippen LogP contribution in [0.5, 0.6) is 0 Å². The minimum Gasteiger partial charge on any atom is -0.467 e. The van der Waals surface area contributed by atoms with Crippen molar-refractivity contribution in [3.63, 3.8) is 0 Å². The zero-order chi connectivity index (χ0) is 17.8. The molecule has 1 aliphatic heterocycles. The fourth-order valence-electron chi connectivity index (χ4n) is 2.19. The van der Waals surface area contributed by atoms with Gasteiger partial charge in [0.1, 0.15) is 17.6 Å². The fraction of sp³-hybridized carbons (Fsp3) is 0.733. The molecule has 1 saturated heterocycles. The van der Waals surface area contributed by atoms with E-state index in [1.54, 1.807) is 27.7 Å². The normalized spacial score (nSPS) is 21.6. The highest BCUT2D eigenvalue weighted by atomic mass is 16.6. The molecule has 8 nitrogen and oxygen atoms in total. The quantitative estimate of drug-likeness (QED) is 0.431. The van der Waals surface area contributed by atoms with E-state index in [0.717, 1.165) is 12.0 Å². The van der Waals surface area contributed by atoms with Crippen LogP contribution >= 0.6 is 0 Å². The Morgan fingerprint density at radius 2 is 1.83 bits per heavy atom. The third-order valence-electron chi connectivity index (χ3n) is 3.21. The van der Waals surface area contributed by atoms with Crippen molar-refractivity contribution in [1.82, 2.24) is 4.90 Å². The van der Waals surface area contributed by atoms with E-state index in [9.17, 15) is 19.2 Å². The molecule has 1 aliphatic rings. The zero-order valence-corrected chi connectivity index (χ0v) is 14.1. The number of amides is 1. The number of ketones is 1. The van der Waals surface area contributed by atoms with Crippen LogP contribution in [0.4, 0.5) is 4.79 Å². The highest BCUT2D eigenvalue weighted by Crippen LogP contribution is 2.24. The Labute approximate surface area is 135 Å². The summed E-state index contributed by atoms with van der Waals surface area (Å²) in [5.41, 5.74) is -0.779. The molecule has 1 heterocycles. The molecule has 0 aromatic rings. The molecule has 0 radical (unpaired) electrons. The van der Waals surface area contributed by atoms with Crippen LogP contribution in [0.2, 0.25) is 0 Å². The summed E-state index contributed by atoms with van der Waals surface area (Å²) in [5.74, 6) is -3.03. The van der Waals surface area contributed by atoms with Crippen LogP contribution in [-0.4, -0.2) is 60.6 Å². The number of methoxy groups -OCH3 is 1. The number of rotatable bonds is 3. The molecule has 0 aliphatic carbocycles. The maximum atomic E-state index is 12.3. The van der Waals surface area contributed by atoms with Crippen molar-refractivity contribution >= 4 is 23.8 Å². The van der Waals surface area contributed by atoms with Gasteiger partial charge in [-0.3, -0.25) is 14.5 Å². The van der Waals surface area contributed by atoms with Crippen molar-refractivity contribution < 1.29 is 33.4 Å². The van der Waals surface area contributed by atoms with Crippen LogP contribution in [0.15, 0.2) is 0 Å². The Balaban J connectivity index is 3.02. The molecule has 2 atom stereocenters. The minimum absolute atomic E-state index is 0.121. The van der Waals surface area contributed by atoms with Gasteiger partial charge >= 0.3 is 18.0 Å². The summed E-state index contributed by atoms with van der Waals surface area (Å²) in [4.78, 5) is 49.2. The lowest BCUT2D eigenvalue weighted by Gasteiger charge is -2.37. The van der Waals surface area contributed by atoms with Crippen molar-refractivity contribution in [2.75, 3.05) is 20.3 Å². The van der Waals surface area contributed by atoms with E-state index in [0.29, 0.717) is 0 Å². The van der Waals surface area contributed by atoms with E-state index in [2.05, 4.69) is 4.74 Å². The van der Waals surface area contributed by atoms with Gasteiger partial charge in [-0.05, 0) is 27.7 Å². The van der Waals surface area contributed by atoms with E-state index in [4.69, 9.17) is 9.47 Å². The SMILES string of the molecule is CCOC(=O)C1CN(C(=O)OC(C)(C)C)C(C(=O)OC)CC1=O. The highest BCUT2D eigenvalue weighted by Gasteiger charge is 2.45. The number of carbonyl (C=O) groups is 4. The maximum absolute atomic E-state index is 12.3. The molecule has 1 rings (SSSR count). The van der Waals surface area contributed by atoms with Crippen LogP contribution in [0.1, 0.15) is 34.1 Å². The summed E-state index contributed by atoms with van der Waals surface area (Å²) in [5, 5.41) is 0. The Kier molecular flexibility index (Phi) is 6.12. The van der Waals surface area contributed by atoms with Gasteiger partial charge in [-0.2, -0.15) is 0 Å². The topological polar surface area (TPSA) is 99.2 Å². The number of likely N-dealkylation sites (tertiary alicyclic amines) is 1. The lowest BCUT2D eigenvalue weighted by Crippen LogP contribution is -2.56. The van der Waals surface area contributed by atoms with Crippen molar-refractivity contribution in [3.05, 3.63) is 0 Å². The molecule has 130 valence electrons. The average Bonchev–Trinajstić information content (AvgIpc) is 2.44. The summed E-state index contributed by atoms with van der Waals surface area (Å²) >= 11 is 0. The lowest BCUT2D eigenvalue weighted by atomic mass is 9.91. The molecule has 0 spiro atoms. The molecule has 8 heteroatoms. The lowest BCUT2D eigenvalue weighted by molar-refractivity contribution is -0.160. The largest absolute Gasteiger partial charge is 0.467 e. The van der Waals surface area contributed by atoms with Crippen molar-refractivity contribution in [2.45, 2.75) is 45.8 Å². The van der Waals surface area contributed by atoms with E-state index in [-0.39, 0.29) is 19.6 Å². The molecule has 0 N–H and O–H groups in total. The number of hydrogen-bond acceptors (Lipinski definition) is 7. The smallest absolute Gasteiger partial charge is 0.411 e. The molecular weight excluding hydrogens is 306 g/mol. The number of piperidine rings is 1. The Hall–Kier alpha value is -2.12. The Bertz CT molecular complexity index is 495. The van der Waals surface area contributed by atoms with Crippen LogP contribution in [0, 0.1) is 5.92 Å². The van der Waals surface area contributed by atoms with Crippen LogP contribution in [-0.2, 0) is 28.6 Å². The molecule has 1 fully saturated rings. The number of Topliss-reactive ketones (excluding diaryl/α,β-unsaturated/α-hetero) is 1. The molecule has 0 aromatic carbocycles. The number of hydrogen-bond donors (Lipinski definition) is 0. The second kappa shape index (κ2) is 7.43. The van der Waals surface area contributed by atoms with Crippen LogP contribution in [0.25, 0.3) is 0 Å². The van der Waals surface area contributed by atoms with Gasteiger partial charge in [0.15, 0.2) is 5.78 Å². The first-order chi connectivity index (χ1) is 10.6. The first kappa shape index (κ1) is 18.9. The van der Waals surface area contributed by atoms with Gasteiger partial charge < -0.3 is 14.2 Å². The maximum Gasteiger partial charge on any atom is 0.411 e. The third kappa shape index (κ3) is 4.94. The predicted molar refractivity (Wildman–Crippen MR) is 78.5 cm³/mol. The standard InChI is InChI=1S/C15H23NO7/c1-6-22-12(18)9-8-16(14(20)23-15(2,3)4)10(7-11(9)17)13(19)21-5/h9-10H,6-8H2,1-5H3. The molecule has 0 bridgehead atoms. The third-order valence-corrected chi connectivity index (χ3v) is 3.21. The monoisotopic (exact) mass is 329 g/mol. The van der Waals surface area contributed by atoms with Gasteiger partial charge in [-0.15, -0.1) is 0 Å². The summed E-state index contributed by atoms with van der Waals surface area (Å²) in [6, 6.07) is -1.10. The summed E-state index contributed by atoms with van der Waals surface area (Å²) in [6.45, 7) is 6.50. The first-order valence-corrected chi connectivity index (χ1v) is 7.37. The van der Waals surface area contributed by atoms with E-state index >= 15 is 0 Å². The zero-order valence-electron chi connectivity index (χ0n) is 14.1. The van der Waals surface area contributed by atoms with E-state index in [1.165, 1.54) is 0 Å². The number of nitrogens with zero attached hydrogens (tertiary/aromatic N) is 1. The second-order valence-electron chi connectivity index (χ2n) is 6.15. The molecule has 23 heavy (non-hydrogen) atoms. The number of carbonyl (C=O) groups excluding carboxylic acids is 4. The fourth-order valence-corrected chi connectivity index (χ4v) is 2.19.